The number of aryl methyl sites for hydroxylation is 1. The molecule has 0 saturated heterocycles. The first-order valence-corrected chi connectivity index (χ1v) is 6.88. The van der Waals surface area contributed by atoms with Crippen LogP contribution in [0.2, 0.25) is 0 Å². The molecule has 0 aliphatic rings. The third-order valence-electron chi connectivity index (χ3n) is 3.10. The van der Waals surface area contributed by atoms with Gasteiger partial charge in [-0.05, 0) is 44.1 Å². The van der Waals surface area contributed by atoms with Gasteiger partial charge in [-0.15, -0.1) is 0 Å². The number of hydrogen-bond donors (Lipinski definition) is 0. The lowest BCUT2D eigenvalue weighted by molar-refractivity contribution is -0.116. The smallest absolute Gasteiger partial charge is 0.130 e. The van der Waals surface area contributed by atoms with Crippen LogP contribution in [0.3, 0.4) is 0 Å². The van der Waals surface area contributed by atoms with Gasteiger partial charge in [0.2, 0.25) is 0 Å². The van der Waals surface area contributed by atoms with Crippen molar-refractivity contribution in [2.24, 2.45) is 5.92 Å². The minimum Gasteiger partial charge on any atom is -0.300 e. The Labute approximate surface area is 111 Å². The number of rotatable bonds is 8. The number of allylic oxidation sites excluding steroid dienone is 2. The monoisotopic (exact) mass is 244 g/mol. The molecule has 0 saturated carbocycles. The first-order valence-electron chi connectivity index (χ1n) is 6.88. The summed E-state index contributed by atoms with van der Waals surface area (Å²) in [4.78, 5) is 10.8. The molecule has 0 amide bonds. The molecule has 1 atom stereocenters. The lowest BCUT2D eigenvalue weighted by atomic mass is 10.0. The van der Waals surface area contributed by atoms with Gasteiger partial charge in [-0.2, -0.15) is 0 Å². The summed E-state index contributed by atoms with van der Waals surface area (Å²) in [5.74, 6) is 0.886. The van der Waals surface area contributed by atoms with Crippen molar-refractivity contribution in [3.63, 3.8) is 0 Å². The van der Waals surface area contributed by atoms with Crippen molar-refractivity contribution in [2.45, 2.75) is 46.0 Å². The van der Waals surface area contributed by atoms with Gasteiger partial charge in [0.1, 0.15) is 5.78 Å². The maximum absolute atomic E-state index is 10.8. The lowest BCUT2D eigenvalue weighted by Gasteiger charge is -2.06. The van der Waals surface area contributed by atoms with Gasteiger partial charge in [-0.25, -0.2) is 0 Å². The molecule has 0 aliphatic carbocycles. The summed E-state index contributed by atoms with van der Waals surface area (Å²) in [6, 6.07) is 10.6. The highest BCUT2D eigenvalue weighted by Crippen LogP contribution is 2.12. The van der Waals surface area contributed by atoms with Gasteiger partial charge < -0.3 is 4.79 Å². The molecular formula is C17H24O. The Morgan fingerprint density at radius 2 is 2.00 bits per heavy atom. The molecule has 1 rings (SSSR count). The van der Waals surface area contributed by atoms with E-state index in [1.807, 2.05) is 0 Å². The van der Waals surface area contributed by atoms with Crippen LogP contribution in [0, 0.1) is 5.92 Å². The summed E-state index contributed by atoms with van der Waals surface area (Å²) in [7, 11) is 0. The van der Waals surface area contributed by atoms with Crippen LogP contribution < -0.4 is 0 Å². The van der Waals surface area contributed by atoms with Gasteiger partial charge >= 0.3 is 0 Å². The highest BCUT2D eigenvalue weighted by Gasteiger charge is 1.98. The van der Waals surface area contributed by atoms with E-state index in [2.05, 4.69) is 49.4 Å². The van der Waals surface area contributed by atoms with Crippen molar-refractivity contribution in [2.75, 3.05) is 0 Å². The first kappa shape index (κ1) is 14.7. The molecule has 0 spiro atoms. The molecule has 1 heteroatoms. The highest BCUT2D eigenvalue weighted by molar-refractivity contribution is 5.75. The number of carbonyl (C=O) groups is 1. The van der Waals surface area contributed by atoms with E-state index in [4.69, 9.17) is 0 Å². The highest BCUT2D eigenvalue weighted by atomic mass is 16.1. The Kier molecular flexibility index (Phi) is 7.09. The number of carbonyl (C=O) groups excluding carboxylic acids is 1. The largest absolute Gasteiger partial charge is 0.300 e. The van der Waals surface area contributed by atoms with Crippen LogP contribution in [0.25, 0.3) is 0 Å². The van der Waals surface area contributed by atoms with Crippen molar-refractivity contribution in [1.29, 1.82) is 0 Å². The predicted molar refractivity (Wildman–Crippen MR) is 77.6 cm³/mol. The molecule has 0 aromatic heterocycles. The predicted octanol–water partition coefficient (Wildman–Crippen LogP) is 4.57. The second-order valence-electron chi connectivity index (χ2n) is 5.02. The Bertz CT molecular complexity index is 364. The van der Waals surface area contributed by atoms with Crippen molar-refractivity contribution in [1.82, 2.24) is 0 Å². The van der Waals surface area contributed by atoms with E-state index in [1.54, 1.807) is 6.92 Å². The molecule has 0 aliphatic heterocycles. The van der Waals surface area contributed by atoms with Crippen LogP contribution in [0.15, 0.2) is 42.5 Å². The molecule has 18 heavy (non-hydrogen) atoms. The molecule has 1 nitrogen and oxygen atoms in total. The van der Waals surface area contributed by atoms with E-state index in [0.717, 1.165) is 12.8 Å². The Balaban J connectivity index is 2.13. The average Bonchev–Trinajstić information content (AvgIpc) is 2.36. The van der Waals surface area contributed by atoms with Crippen molar-refractivity contribution >= 4 is 5.78 Å². The minimum atomic E-state index is 0.274. The van der Waals surface area contributed by atoms with E-state index in [1.165, 1.54) is 18.4 Å². The molecule has 0 fully saturated rings. The lowest BCUT2D eigenvalue weighted by Crippen LogP contribution is -1.93. The SMILES string of the molecule is CC(=O)CC/C=C/C(C)CCCc1ccccc1. The van der Waals surface area contributed by atoms with Gasteiger partial charge in [-0.1, -0.05) is 49.4 Å². The molecule has 1 aromatic carbocycles. The fourth-order valence-electron chi connectivity index (χ4n) is 1.98. The summed E-state index contributed by atoms with van der Waals surface area (Å²) >= 11 is 0. The first-order chi connectivity index (χ1) is 8.68. The third-order valence-corrected chi connectivity index (χ3v) is 3.10. The maximum atomic E-state index is 10.8. The maximum Gasteiger partial charge on any atom is 0.130 e. The molecule has 1 aromatic rings. The summed E-state index contributed by atoms with van der Waals surface area (Å²) < 4.78 is 0. The standard InChI is InChI=1S/C17H24O/c1-15(9-6-7-11-16(2)18)10-8-14-17-12-4-3-5-13-17/h3-6,9,12-13,15H,7-8,10-11,14H2,1-2H3/b9-6+. The van der Waals surface area contributed by atoms with Gasteiger partial charge in [0.15, 0.2) is 0 Å². The van der Waals surface area contributed by atoms with Crippen LogP contribution in [0.1, 0.15) is 45.1 Å². The van der Waals surface area contributed by atoms with Crippen LogP contribution in [0.5, 0.6) is 0 Å². The van der Waals surface area contributed by atoms with Crippen molar-refractivity contribution in [3.05, 3.63) is 48.0 Å². The summed E-state index contributed by atoms with van der Waals surface area (Å²) in [5.41, 5.74) is 1.42. The zero-order valence-electron chi connectivity index (χ0n) is 11.6. The van der Waals surface area contributed by atoms with Gasteiger partial charge in [-0.3, -0.25) is 0 Å². The molecule has 98 valence electrons. The minimum absolute atomic E-state index is 0.274. The molecule has 0 N–H and O–H groups in total. The number of Topliss-reactive ketones (excluding diaryl/α,β-unsaturated/α-hetero) is 1. The summed E-state index contributed by atoms with van der Waals surface area (Å²) in [5, 5.41) is 0. The quantitative estimate of drug-likeness (QED) is 0.612. The van der Waals surface area contributed by atoms with Crippen LogP contribution in [-0.2, 0) is 11.2 Å². The molecule has 0 bridgehead atoms. The normalized spacial score (nSPS) is 12.8. The second-order valence-corrected chi connectivity index (χ2v) is 5.02. The number of hydrogen-bond acceptors (Lipinski definition) is 1. The fourth-order valence-corrected chi connectivity index (χ4v) is 1.98. The zero-order chi connectivity index (χ0) is 13.2. The van der Waals surface area contributed by atoms with E-state index >= 15 is 0 Å². The molecule has 0 radical (unpaired) electrons. The van der Waals surface area contributed by atoms with E-state index in [-0.39, 0.29) is 5.78 Å². The number of ketones is 1. The van der Waals surface area contributed by atoms with Crippen LogP contribution in [-0.4, -0.2) is 5.78 Å². The Morgan fingerprint density at radius 3 is 2.67 bits per heavy atom. The van der Waals surface area contributed by atoms with E-state index in [9.17, 15) is 4.79 Å². The molecule has 1 unspecified atom stereocenters. The second kappa shape index (κ2) is 8.68. The van der Waals surface area contributed by atoms with E-state index < -0.39 is 0 Å². The fraction of sp³-hybridized carbons (Fsp3) is 0.471. The number of benzene rings is 1. The van der Waals surface area contributed by atoms with Gasteiger partial charge in [0.05, 0.1) is 0 Å². The zero-order valence-corrected chi connectivity index (χ0v) is 11.6. The third kappa shape index (κ3) is 7.05. The molecular weight excluding hydrogens is 220 g/mol. The van der Waals surface area contributed by atoms with Crippen molar-refractivity contribution < 1.29 is 4.79 Å². The van der Waals surface area contributed by atoms with Gasteiger partial charge in [0, 0.05) is 6.42 Å². The van der Waals surface area contributed by atoms with Crippen LogP contribution >= 0.6 is 0 Å². The molecule has 0 heterocycles. The topological polar surface area (TPSA) is 17.1 Å². The van der Waals surface area contributed by atoms with Gasteiger partial charge in [0.25, 0.3) is 0 Å². The summed E-state index contributed by atoms with van der Waals surface area (Å²) in [6.07, 6.45) is 9.55. The summed E-state index contributed by atoms with van der Waals surface area (Å²) in [6.45, 7) is 3.90. The van der Waals surface area contributed by atoms with Crippen molar-refractivity contribution in [3.8, 4) is 0 Å². The Morgan fingerprint density at radius 1 is 1.28 bits per heavy atom. The van der Waals surface area contributed by atoms with Crippen LogP contribution in [0.4, 0.5) is 0 Å². The average molecular weight is 244 g/mol. The van der Waals surface area contributed by atoms with E-state index in [0.29, 0.717) is 12.3 Å². The Hall–Kier alpha value is -1.37.